The lowest BCUT2D eigenvalue weighted by Gasteiger charge is -2.14. The number of hydrogen-bond acceptors (Lipinski definition) is 4. The number of halogens is 1. The first-order valence-electron chi connectivity index (χ1n) is 6.86. The first-order valence-corrected chi connectivity index (χ1v) is 7.23. The summed E-state index contributed by atoms with van der Waals surface area (Å²) in [7, 11) is 0. The average molecular weight is 335 g/mol. The highest BCUT2D eigenvalue weighted by Crippen LogP contribution is 2.22. The van der Waals surface area contributed by atoms with E-state index in [4.69, 9.17) is 11.6 Å². The fraction of sp³-hybridized carbons (Fsp3) is 0.188. The Kier molecular flexibility index (Phi) is 5.31. The van der Waals surface area contributed by atoms with Gasteiger partial charge in [-0.15, -0.1) is 0 Å². The molecule has 0 saturated carbocycles. The van der Waals surface area contributed by atoms with Gasteiger partial charge in [0.2, 0.25) is 0 Å². The minimum Gasteiger partial charge on any atom is -0.387 e. The fourth-order valence-corrected chi connectivity index (χ4v) is 2.42. The van der Waals surface area contributed by atoms with E-state index in [2.05, 4.69) is 5.32 Å². The van der Waals surface area contributed by atoms with Gasteiger partial charge in [-0.2, -0.15) is 0 Å². The van der Waals surface area contributed by atoms with E-state index in [9.17, 15) is 20.0 Å². The summed E-state index contributed by atoms with van der Waals surface area (Å²) in [6.07, 6.45) is -0.939. The number of aryl methyl sites for hydroxylation is 1. The summed E-state index contributed by atoms with van der Waals surface area (Å²) in [6, 6.07) is 10.8. The fourth-order valence-electron chi connectivity index (χ4n) is 2.16. The number of aliphatic hydroxyl groups is 1. The highest BCUT2D eigenvalue weighted by molar-refractivity contribution is 6.31. The summed E-state index contributed by atoms with van der Waals surface area (Å²) in [5.74, 6) is -0.413. The van der Waals surface area contributed by atoms with Gasteiger partial charge >= 0.3 is 0 Å². The Bertz CT molecular complexity index is 749. The molecule has 2 rings (SSSR count). The summed E-state index contributed by atoms with van der Waals surface area (Å²) in [5.41, 5.74) is 1.26. The molecule has 0 radical (unpaired) electrons. The minimum atomic E-state index is -0.939. The largest absolute Gasteiger partial charge is 0.387 e. The normalized spacial score (nSPS) is 11.8. The Balaban J connectivity index is 2.05. The lowest BCUT2D eigenvalue weighted by atomic mass is 10.1. The lowest BCUT2D eigenvalue weighted by Crippen LogP contribution is -2.29. The Hall–Kier alpha value is -2.44. The van der Waals surface area contributed by atoms with Crippen molar-refractivity contribution in [1.29, 1.82) is 0 Å². The number of nitro benzene ring substituents is 1. The second-order valence-corrected chi connectivity index (χ2v) is 5.41. The number of non-ortho nitro benzene ring substituents is 1. The number of nitrogens with one attached hydrogen (secondary N) is 1. The molecule has 120 valence electrons. The minimum absolute atomic E-state index is 0.0149. The van der Waals surface area contributed by atoms with E-state index in [-0.39, 0.29) is 12.2 Å². The van der Waals surface area contributed by atoms with Crippen LogP contribution >= 0.6 is 11.6 Å². The maximum Gasteiger partial charge on any atom is 0.269 e. The van der Waals surface area contributed by atoms with Crippen LogP contribution in [0, 0.1) is 17.0 Å². The SMILES string of the molecule is Cc1cc([N+](=O)[O-])ccc1C(=O)NCC(O)c1ccccc1Cl. The topological polar surface area (TPSA) is 92.5 Å². The molecule has 0 fully saturated rings. The van der Waals surface area contributed by atoms with Gasteiger partial charge in [-0.05, 0) is 24.6 Å². The summed E-state index contributed by atoms with van der Waals surface area (Å²) in [5, 5.41) is 23.8. The monoisotopic (exact) mass is 334 g/mol. The van der Waals surface area contributed by atoms with Gasteiger partial charge in [-0.3, -0.25) is 14.9 Å². The standard InChI is InChI=1S/C16H15ClN2O4/c1-10-8-11(19(22)23)6-7-12(10)16(21)18-9-15(20)13-4-2-3-5-14(13)17/h2-8,15,20H,9H2,1H3,(H,18,21). The Morgan fingerprint density at radius 3 is 2.65 bits per heavy atom. The molecule has 0 aliphatic rings. The van der Waals surface area contributed by atoms with Gasteiger partial charge in [0.15, 0.2) is 0 Å². The molecular formula is C16H15ClN2O4. The first-order chi connectivity index (χ1) is 10.9. The molecule has 2 N–H and O–H groups in total. The second-order valence-electron chi connectivity index (χ2n) is 5.00. The zero-order valence-electron chi connectivity index (χ0n) is 12.3. The highest BCUT2D eigenvalue weighted by Gasteiger charge is 2.16. The molecule has 1 atom stereocenters. The smallest absolute Gasteiger partial charge is 0.269 e. The number of amides is 1. The molecule has 2 aromatic rings. The molecule has 2 aromatic carbocycles. The number of carbonyl (C=O) groups excluding carboxylic acids is 1. The summed E-state index contributed by atoms with van der Waals surface area (Å²) >= 11 is 5.99. The van der Waals surface area contributed by atoms with Crippen LogP contribution in [-0.2, 0) is 0 Å². The molecule has 0 aromatic heterocycles. The Morgan fingerprint density at radius 2 is 2.04 bits per heavy atom. The number of aliphatic hydroxyl groups excluding tert-OH is 1. The molecule has 0 heterocycles. The highest BCUT2D eigenvalue weighted by atomic mass is 35.5. The van der Waals surface area contributed by atoms with Crippen molar-refractivity contribution in [3.05, 3.63) is 74.3 Å². The van der Waals surface area contributed by atoms with Gasteiger partial charge in [-0.1, -0.05) is 29.8 Å². The quantitative estimate of drug-likeness (QED) is 0.649. The van der Waals surface area contributed by atoms with Crippen molar-refractivity contribution in [1.82, 2.24) is 5.32 Å². The van der Waals surface area contributed by atoms with Crippen LogP contribution in [0.15, 0.2) is 42.5 Å². The van der Waals surface area contributed by atoms with E-state index < -0.39 is 16.9 Å². The van der Waals surface area contributed by atoms with Gasteiger partial charge in [0, 0.05) is 34.8 Å². The van der Waals surface area contributed by atoms with Gasteiger partial charge in [-0.25, -0.2) is 0 Å². The summed E-state index contributed by atoms with van der Waals surface area (Å²) in [6.45, 7) is 1.60. The number of nitro groups is 1. The molecule has 0 aliphatic carbocycles. The second kappa shape index (κ2) is 7.21. The molecule has 7 heteroatoms. The van der Waals surface area contributed by atoms with Gasteiger partial charge in [0.05, 0.1) is 11.0 Å². The van der Waals surface area contributed by atoms with E-state index in [1.54, 1.807) is 31.2 Å². The van der Waals surface area contributed by atoms with Crippen LogP contribution in [-0.4, -0.2) is 22.5 Å². The van der Waals surface area contributed by atoms with Crippen LogP contribution in [0.4, 0.5) is 5.69 Å². The molecule has 1 unspecified atom stereocenters. The van der Waals surface area contributed by atoms with Crippen LogP contribution in [0.2, 0.25) is 5.02 Å². The molecule has 23 heavy (non-hydrogen) atoms. The van der Waals surface area contributed by atoms with Crippen LogP contribution < -0.4 is 5.32 Å². The third kappa shape index (κ3) is 4.06. The van der Waals surface area contributed by atoms with Crippen molar-refractivity contribution in [2.24, 2.45) is 0 Å². The van der Waals surface area contributed by atoms with Crippen molar-refractivity contribution in [3.8, 4) is 0 Å². The lowest BCUT2D eigenvalue weighted by molar-refractivity contribution is -0.384. The van der Waals surface area contributed by atoms with Crippen molar-refractivity contribution in [2.45, 2.75) is 13.0 Å². The average Bonchev–Trinajstić information content (AvgIpc) is 2.52. The summed E-state index contributed by atoms with van der Waals surface area (Å²) < 4.78 is 0. The van der Waals surface area contributed by atoms with Crippen molar-refractivity contribution in [3.63, 3.8) is 0 Å². The third-order valence-corrected chi connectivity index (χ3v) is 3.73. The van der Waals surface area contributed by atoms with Gasteiger partial charge in [0.1, 0.15) is 0 Å². The van der Waals surface area contributed by atoms with Crippen molar-refractivity contribution in [2.75, 3.05) is 6.54 Å². The number of carbonyl (C=O) groups is 1. The Labute approximate surface area is 137 Å². The van der Waals surface area contributed by atoms with E-state index in [1.165, 1.54) is 18.2 Å². The molecular weight excluding hydrogens is 320 g/mol. The third-order valence-electron chi connectivity index (χ3n) is 3.39. The van der Waals surface area contributed by atoms with Crippen LogP contribution in [0.3, 0.4) is 0 Å². The Morgan fingerprint density at radius 1 is 1.35 bits per heavy atom. The number of benzene rings is 2. The van der Waals surface area contributed by atoms with Crippen molar-refractivity contribution >= 4 is 23.2 Å². The van der Waals surface area contributed by atoms with E-state index in [0.717, 1.165) is 0 Å². The van der Waals surface area contributed by atoms with Crippen molar-refractivity contribution < 1.29 is 14.8 Å². The number of hydrogen-bond donors (Lipinski definition) is 2. The predicted molar refractivity (Wildman–Crippen MR) is 86.6 cm³/mol. The van der Waals surface area contributed by atoms with Crippen LogP contribution in [0.1, 0.15) is 27.6 Å². The maximum absolute atomic E-state index is 12.1. The zero-order chi connectivity index (χ0) is 17.0. The first kappa shape index (κ1) is 16.9. The molecule has 1 amide bonds. The maximum atomic E-state index is 12.1. The molecule has 0 spiro atoms. The molecule has 0 saturated heterocycles. The van der Waals surface area contributed by atoms with Gasteiger partial charge in [0.25, 0.3) is 11.6 Å². The van der Waals surface area contributed by atoms with E-state index in [1.807, 2.05) is 0 Å². The van der Waals surface area contributed by atoms with E-state index in [0.29, 0.717) is 21.7 Å². The van der Waals surface area contributed by atoms with Crippen LogP contribution in [0.25, 0.3) is 0 Å². The summed E-state index contributed by atoms with van der Waals surface area (Å²) in [4.78, 5) is 22.3. The molecule has 6 nitrogen and oxygen atoms in total. The van der Waals surface area contributed by atoms with Crippen LogP contribution in [0.5, 0.6) is 0 Å². The predicted octanol–water partition coefficient (Wildman–Crippen LogP) is 3.02. The molecule has 0 bridgehead atoms. The number of nitrogens with zero attached hydrogens (tertiary/aromatic N) is 1. The van der Waals surface area contributed by atoms with Gasteiger partial charge < -0.3 is 10.4 Å². The molecule has 0 aliphatic heterocycles. The number of rotatable bonds is 5. The zero-order valence-corrected chi connectivity index (χ0v) is 13.1. The van der Waals surface area contributed by atoms with E-state index >= 15 is 0 Å².